The van der Waals surface area contributed by atoms with Crippen LogP contribution in [-0.4, -0.2) is 23.2 Å². The number of carbonyl (C=O) groups is 2. The summed E-state index contributed by atoms with van der Waals surface area (Å²) in [5, 5.41) is 2.91. The van der Waals surface area contributed by atoms with Crippen molar-refractivity contribution in [3.05, 3.63) is 59.4 Å². The highest BCUT2D eigenvalue weighted by molar-refractivity contribution is 5.94. The molecule has 0 bridgehead atoms. The third kappa shape index (κ3) is 6.37. The maximum absolute atomic E-state index is 12.0. The third-order valence-electron chi connectivity index (χ3n) is 4.07. The molecule has 2 rings (SSSR count). The molecule has 0 spiro atoms. The fraction of sp³-hybridized carbons (Fsp3) is 0.350. The lowest BCUT2D eigenvalue weighted by atomic mass is 10.0. The van der Waals surface area contributed by atoms with Crippen LogP contribution in [0.2, 0.25) is 0 Å². The van der Waals surface area contributed by atoms with E-state index in [2.05, 4.69) is 10.3 Å². The summed E-state index contributed by atoms with van der Waals surface area (Å²) < 4.78 is 0. The van der Waals surface area contributed by atoms with E-state index in [0.29, 0.717) is 30.6 Å². The highest BCUT2D eigenvalue weighted by Crippen LogP contribution is 2.12. The number of carbonyl (C=O) groups excluding carboxylic acids is 2. The van der Waals surface area contributed by atoms with Gasteiger partial charge in [-0.1, -0.05) is 24.1 Å². The number of benzene rings is 1. The van der Waals surface area contributed by atoms with Crippen molar-refractivity contribution in [2.24, 2.45) is 0 Å². The lowest BCUT2D eigenvalue weighted by molar-refractivity contribution is -0.118. The van der Waals surface area contributed by atoms with Gasteiger partial charge in [-0.3, -0.25) is 14.6 Å². The van der Waals surface area contributed by atoms with Crippen LogP contribution in [0.1, 0.15) is 47.2 Å². The number of unbranched alkanes of at least 4 members (excludes halogenated alkanes) is 2. The Morgan fingerprint density at radius 3 is 2.56 bits per heavy atom. The number of amides is 1. The third-order valence-corrected chi connectivity index (χ3v) is 4.07. The highest BCUT2D eigenvalue weighted by atomic mass is 16.1. The Balaban J connectivity index is 1.58. The minimum atomic E-state index is -0.0516. The maximum Gasteiger partial charge on any atom is 0.251 e. The Bertz CT molecular complexity index is 711. The molecule has 0 atom stereocenters. The molecule has 0 aliphatic carbocycles. The zero-order chi connectivity index (χ0) is 18.1. The summed E-state index contributed by atoms with van der Waals surface area (Å²) in [6.07, 6.45) is 6.71. The second-order valence-corrected chi connectivity index (χ2v) is 6.22. The van der Waals surface area contributed by atoms with Crippen molar-refractivity contribution < 1.29 is 9.59 Å². The molecule has 0 saturated heterocycles. The number of hydrogen-bond donors (Lipinski definition) is 2. The molecule has 5 nitrogen and oxygen atoms in total. The molecule has 1 aromatic carbocycles. The minimum Gasteiger partial charge on any atom is -0.397 e. The van der Waals surface area contributed by atoms with Gasteiger partial charge in [-0.05, 0) is 43.5 Å². The fourth-order valence-corrected chi connectivity index (χ4v) is 2.53. The minimum absolute atomic E-state index is 0.0516. The lowest BCUT2D eigenvalue weighted by Gasteiger charge is -2.06. The molecule has 0 saturated carbocycles. The highest BCUT2D eigenvalue weighted by Gasteiger charge is 2.07. The molecule has 25 heavy (non-hydrogen) atoms. The van der Waals surface area contributed by atoms with Crippen LogP contribution in [0.5, 0.6) is 0 Å². The topological polar surface area (TPSA) is 85.1 Å². The van der Waals surface area contributed by atoms with Crippen molar-refractivity contribution in [1.82, 2.24) is 10.3 Å². The summed E-state index contributed by atoms with van der Waals surface area (Å²) >= 11 is 0. The van der Waals surface area contributed by atoms with E-state index >= 15 is 0 Å². The molecular formula is C20H25N3O2. The summed E-state index contributed by atoms with van der Waals surface area (Å²) in [5.74, 6) is 0.130. The van der Waals surface area contributed by atoms with E-state index in [-0.39, 0.29) is 11.7 Å². The standard InChI is InChI=1S/C20H25N3O2/c1-15-6-8-16(9-7-15)20(25)23-11-4-2-3-5-18(24)13-17-10-12-22-14-19(17)21/h6-10,12,14H,2-5,11,13,21H2,1H3,(H,23,25). The van der Waals surface area contributed by atoms with Gasteiger partial charge in [-0.15, -0.1) is 0 Å². The maximum atomic E-state index is 12.0. The fourth-order valence-electron chi connectivity index (χ4n) is 2.53. The van der Waals surface area contributed by atoms with Crippen LogP contribution < -0.4 is 11.1 Å². The second-order valence-electron chi connectivity index (χ2n) is 6.22. The van der Waals surface area contributed by atoms with E-state index in [1.807, 2.05) is 31.2 Å². The molecule has 2 aromatic rings. The van der Waals surface area contributed by atoms with Crippen molar-refractivity contribution in [3.8, 4) is 0 Å². The average Bonchev–Trinajstić information content (AvgIpc) is 2.60. The number of aryl methyl sites for hydroxylation is 1. The van der Waals surface area contributed by atoms with Gasteiger partial charge in [0, 0.05) is 31.1 Å². The van der Waals surface area contributed by atoms with Gasteiger partial charge in [0.2, 0.25) is 0 Å². The molecule has 1 aromatic heterocycles. The Morgan fingerprint density at radius 2 is 1.84 bits per heavy atom. The number of pyridine rings is 1. The molecule has 5 heteroatoms. The summed E-state index contributed by atoms with van der Waals surface area (Å²) in [7, 11) is 0. The monoisotopic (exact) mass is 339 g/mol. The molecule has 0 fully saturated rings. The first-order valence-electron chi connectivity index (χ1n) is 8.61. The van der Waals surface area contributed by atoms with E-state index in [1.54, 1.807) is 18.5 Å². The van der Waals surface area contributed by atoms with Gasteiger partial charge in [0.1, 0.15) is 5.78 Å². The van der Waals surface area contributed by atoms with Crippen LogP contribution in [0.25, 0.3) is 0 Å². The largest absolute Gasteiger partial charge is 0.397 e. The average molecular weight is 339 g/mol. The Kier molecular flexibility index (Phi) is 7.14. The quantitative estimate of drug-likeness (QED) is 0.688. The molecular weight excluding hydrogens is 314 g/mol. The van der Waals surface area contributed by atoms with Crippen molar-refractivity contribution in [2.75, 3.05) is 12.3 Å². The Hall–Kier alpha value is -2.69. The van der Waals surface area contributed by atoms with Gasteiger partial charge in [-0.25, -0.2) is 0 Å². The number of nitrogens with two attached hydrogens (primary N) is 1. The van der Waals surface area contributed by atoms with Crippen molar-refractivity contribution >= 4 is 17.4 Å². The van der Waals surface area contributed by atoms with Gasteiger partial charge in [0.25, 0.3) is 5.91 Å². The molecule has 1 heterocycles. The van der Waals surface area contributed by atoms with Crippen LogP contribution in [0.4, 0.5) is 5.69 Å². The number of nitrogen functional groups attached to an aromatic ring is 1. The number of hydrogen-bond acceptors (Lipinski definition) is 4. The molecule has 0 aliphatic heterocycles. The normalized spacial score (nSPS) is 10.4. The van der Waals surface area contributed by atoms with Crippen molar-refractivity contribution in [1.29, 1.82) is 0 Å². The van der Waals surface area contributed by atoms with Gasteiger partial charge in [0.15, 0.2) is 0 Å². The molecule has 132 valence electrons. The van der Waals surface area contributed by atoms with E-state index in [9.17, 15) is 9.59 Å². The zero-order valence-corrected chi connectivity index (χ0v) is 14.6. The zero-order valence-electron chi connectivity index (χ0n) is 14.6. The Labute approximate surface area is 148 Å². The molecule has 3 N–H and O–H groups in total. The number of anilines is 1. The van der Waals surface area contributed by atoms with Gasteiger partial charge in [0.05, 0.1) is 11.9 Å². The molecule has 1 amide bonds. The van der Waals surface area contributed by atoms with E-state index in [4.69, 9.17) is 5.73 Å². The second kappa shape index (κ2) is 9.57. The first kappa shape index (κ1) is 18.6. The van der Waals surface area contributed by atoms with E-state index < -0.39 is 0 Å². The van der Waals surface area contributed by atoms with Crippen LogP contribution in [-0.2, 0) is 11.2 Å². The van der Waals surface area contributed by atoms with Crippen LogP contribution in [0, 0.1) is 6.92 Å². The SMILES string of the molecule is Cc1ccc(C(=O)NCCCCCC(=O)Cc2ccncc2N)cc1. The first-order valence-corrected chi connectivity index (χ1v) is 8.61. The summed E-state index contributed by atoms with van der Waals surface area (Å²) in [5.41, 5.74) is 9.01. The van der Waals surface area contributed by atoms with Crippen molar-refractivity contribution in [3.63, 3.8) is 0 Å². The number of ketones is 1. The van der Waals surface area contributed by atoms with E-state index in [0.717, 1.165) is 30.4 Å². The number of rotatable bonds is 9. The first-order chi connectivity index (χ1) is 12.1. The summed E-state index contributed by atoms with van der Waals surface area (Å²) in [6.45, 7) is 2.62. The van der Waals surface area contributed by atoms with Gasteiger partial charge >= 0.3 is 0 Å². The van der Waals surface area contributed by atoms with Crippen LogP contribution >= 0.6 is 0 Å². The number of Topliss-reactive ketones (excluding diaryl/α,β-unsaturated/α-hetero) is 1. The number of nitrogens with one attached hydrogen (secondary N) is 1. The predicted molar refractivity (Wildman–Crippen MR) is 99.3 cm³/mol. The smallest absolute Gasteiger partial charge is 0.251 e. The predicted octanol–water partition coefficient (Wildman–Crippen LogP) is 3.07. The van der Waals surface area contributed by atoms with Gasteiger partial charge < -0.3 is 11.1 Å². The number of nitrogens with zero attached hydrogens (tertiary/aromatic N) is 1. The van der Waals surface area contributed by atoms with Gasteiger partial charge in [-0.2, -0.15) is 0 Å². The molecule has 0 aliphatic rings. The number of aromatic nitrogens is 1. The summed E-state index contributed by atoms with van der Waals surface area (Å²) in [6, 6.07) is 9.29. The molecule has 0 unspecified atom stereocenters. The van der Waals surface area contributed by atoms with Crippen LogP contribution in [0.3, 0.4) is 0 Å². The van der Waals surface area contributed by atoms with E-state index in [1.165, 1.54) is 0 Å². The molecule has 0 radical (unpaired) electrons. The summed E-state index contributed by atoms with van der Waals surface area (Å²) in [4.78, 5) is 27.8. The lowest BCUT2D eigenvalue weighted by Crippen LogP contribution is -2.24. The Morgan fingerprint density at radius 1 is 1.08 bits per heavy atom. The van der Waals surface area contributed by atoms with Crippen LogP contribution in [0.15, 0.2) is 42.7 Å². The van der Waals surface area contributed by atoms with Crippen molar-refractivity contribution in [2.45, 2.75) is 39.0 Å².